The molecule has 86 valence electrons. The lowest BCUT2D eigenvalue weighted by atomic mass is 9.79. The van der Waals surface area contributed by atoms with Gasteiger partial charge in [-0.2, -0.15) is 0 Å². The summed E-state index contributed by atoms with van der Waals surface area (Å²) in [6.45, 7) is 5.67. The van der Waals surface area contributed by atoms with E-state index in [1.54, 1.807) is 0 Å². The van der Waals surface area contributed by atoms with Gasteiger partial charge in [-0.1, -0.05) is 13.8 Å². The predicted molar refractivity (Wildman–Crippen MR) is 61.5 cm³/mol. The van der Waals surface area contributed by atoms with Crippen LogP contribution in [0, 0.1) is 11.8 Å². The topological polar surface area (TPSA) is 20.3 Å². The van der Waals surface area contributed by atoms with Crippen molar-refractivity contribution >= 4 is 5.91 Å². The van der Waals surface area contributed by atoms with E-state index in [0.29, 0.717) is 11.9 Å². The van der Waals surface area contributed by atoms with E-state index in [2.05, 4.69) is 18.7 Å². The van der Waals surface area contributed by atoms with Crippen LogP contribution in [-0.2, 0) is 4.79 Å². The van der Waals surface area contributed by atoms with E-state index in [4.69, 9.17) is 0 Å². The standard InChI is InChI=1S/C13H23NO/c1-10(2)11-5-7-12(8-6-11)14-9-3-4-13(14)15/h10-12H,3-9H2,1-2H3. The van der Waals surface area contributed by atoms with Gasteiger partial charge in [-0.25, -0.2) is 0 Å². The van der Waals surface area contributed by atoms with Crippen molar-refractivity contribution in [2.24, 2.45) is 11.8 Å². The van der Waals surface area contributed by atoms with Crippen LogP contribution < -0.4 is 0 Å². The van der Waals surface area contributed by atoms with Crippen LogP contribution in [0.5, 0.6) is 0 Å². The minimum Gasteiger partial charge on any atom is -0.340 e. The number of carbonyl (C=O) groups is 1. The summed E-state index contributed by atoms with van der Waals surface area (Å²) in [6, 6.07) is 0.579. The Hall–Kier alpha value is -0.530. The summed E-state index contributed by atoms with van der Waals surface area (Å²) in [5, 5.41) is 0. The number of rotatable bonds is 2. The molecule has 1 aliphatic carbocycles. The molecule has 0 atom stereocenters. The Kier molecular flexibility index (Phi) is 3.32. The van der Waals surface area contributed by atoms with Crippen LogP contribution in [0.4, 0.5) is 0 Å². The van der Waals surface area contributed by atoms with Gasteiger partial charge in [-0.15, -0.1) is 0 Å². The number of carbonyl (C=O) groups excluding carboxylic acids is 1. The summed E-state index contributed by atoms with van der Waals surface area (Å²) in [5.41, 5.74) is 0. The quantitative estimate of drug-likeness (QED) is 0.685. The van der Waals surface area contributed by atoms with E-state index in [0.717, 1.165) is 31.2 Å². The van der Waals surface area contributed by atoms with E-state index in [-0.39, 0.29) is 0 Å². The molecule has 0 aromatic heterocycles. The lowest BCUT2D eigenvalue weighted by molar-refractivity contribution is -0.130. The van der Waals surface area contributed by atoms with E-state index >= 15 is 0 Å². The molecule has 1 heterocycles. The Bertz CT molecular complexity index is 229. The Balaban J connectivity index is 1.85. The summed E-state index contributed by atoms with van der Waals surface area (Å²) in [5.74, 6) is 2.13. The van der Waals surface area contributed by atoms with Crippen LogP contribution in [-0.4, -0.2) is 23.4 Å². The first-order chi connectivity index (χ1) is 7.18. The average Bonchev–Trinajstić information content (AvgIpc) is 2.65. The fourth-order valence-corrected chi connectivity index (χ4v) is 3.14. The van der Waals surface area contributed by atoms with Crippen molar-refractivity contribution in [2.75, 3.05) is 6.54 Å². The third-order valence-corrected chi connectivity index (χ3v) is 4.23. The Morgan fingerprint density at radius 1 is 1.20 bits per heavy atom. The molecule has 0 aromatic rings. The van der Waals surface area contributed by atoms with Crippen LogP contribution in [0.2, 0.25) is 0 Å². The normalized spacial score (nSPS) is 32.7. The lowest BCUT2D eigenvalue weighted by Crippen LogP contribution is -2.39. The number of hydrogen-bond acceptors (Lipinski definition) is 1. The molecule has 2 heteroatoms. The Morgan fingerprint density at radius 2 is 1.87 bits per heavy atom. The zero-order valence-corrected chi connectivity index (χ0v) is 10.0. The van der Waals surface area contributed by atoms with Gasteiger partial charge >= 0.3 is 0 Å². The number of hydrogen-bond donors (Lipinski definition) is 0. The van der Waals surface area contributed by atoms with Gasteiger partial charge in [-0.3, -0.25) is 4.79 Å². The maximum Gasteiger partial charge on any atom is 0.222 e. The summed E-state index contributed by atoms with van der Waals surface area (Å²) in [7, 11) is 0. The first-order valence-electron chi connectivity index (χ1n) is 6.48. The van der Waals surface area contributed by atoms with Crippen molar-refractivity contribution in [2.45, 2.75) is 58.4 Å². The molecule has 1 amide bonds. The SMILES string of the molecule is CC(C)C1CCC(N2CCCC2=O)CC1. The minimum absolute atomic E-state index is 0.406. The van der Waals surface area contributed by atoms with Crippen LogP contribution in [0.3, 0.4) is 0 Å². The van der Waals surface area contributed by atoms with Crippen LogP contribution in [0.1, 0.15) is 52.4 Å². The highest BCUT2D eigenvalue weighted by Gasteiger charge is 2.31. The molecule has 0 unspecified atom stereocenters. The van der Waals surface area contributed by atoms with E-state index in [9.17, 15) is 4.79 Å². The maximum absolute atomic E-state index is 11.6. The second-order valence-corrected chi connectivity index (χ2v) is 5.50. The third kappa shape index (κ3) is 2.35. The summed E-state index contributed by atoms with van der Waals surface area (Å²) >= 11 is 0. The number of amides is 1. The van der Waals surface area contributed by atoms with E-state index < -0.39 is 0 Å². The zero-order valence-electron chi connectivity index (χ0n) is 10.0. The van der Waals surface area contributed by atoms with Gasteiger partial charge in [0.1, 0.15) is 0 Å². The first-order valence-corrected chi connectivity index (χ1v) is 6.48. The van der Waals surface area contributed by atoms with Crippen molar-refractivity contribution < 1.29 is 4.79 Å². The second kappa shape index (κ2) is 4.54. The van der Waals surface area contributed by atoms with E-state index in [1.807, 2.05) is 0 Å². The number of likely N-dealkylation sites (tertiary alicyclic amines) is 1. The van der Waals surface area contributed by atoms with Crippen LogP contribution >= 0.6 is 0 Å². The molecule has 0 spiro atoms. The number of nitrogens with zero attached hydrogens (tertiary/aromatic N) is 1. The summed E-state index contributed by atoms with van der Waals surface area (Å²) in [4.78, 5) is 13.8. The van der Waals surface area contributed by atoms with Gasteiger partial charge in [0.25, 0.3) is 0 Å². The van der Waals surface area contributed by atoms with Crippen LogP contribution in [0.25, 0.3) is 0 Å². The van der Waals surface area contributed by atoms with Crippen molar-refractivity contribution in [3.05, 3.63) is 0 Å². The molecule has 0 N–H and O–H groups in total. The summed E-state index contributed by atoms with van der Waals surface area (Å²) < 4.78 is 0. The first kappa shape index (κ1) is 11.0. The lowest BCUT2D eigenvalue weighted by Gasteiger charge is -2.36. The molecule has 1 saturated carbocycles. The fraction of sp³-hybridized carbons (Fsp3) is 0.923. The van der Waals surface area contributed by atoms with Gasteiger partial charge in [0.15, 0.2) is 0 Å². The highest BCUT2D eigenvalue weighted by molar-refractivity contribution is 5.78. The van der Waals surface area contributed by atoms with Gasteiger partial charge < -0.3 is 4.90 Å². The van der Waals surface area contributed by atoms with Gasteiger partial charge in [0.05, 0.1) is 0 Å². The average molecular weight is 209 g/mol. The highest BCUT2D eigenvalue weighted by atomic mass is 16.2. The molecule has 0 bridgehead atoms. The van der Waals surface area contributed by atoms with Crippen LogP contribution in [0.15, 0.2) is 0 Å². The molecule has 2 nitrogen and oxygen atoms in total. The molecular formula is C13H23NO. The Morgan fingerprint density at radius 3 is 2.33 bits per heavy atom. The molecule has 0 radical (unpaired) electrons. The van der Waals surface area contributed by atoms with Crippen molar-refractivity contribution in [3.8, 4) is 0 Å². The molecule has 2 rings (SSSR count). The molecule has 1 aliphatic heterocycles. The molecule has 2 fully saturated rings. The Labute approximate surface area is 93.0 Å². The van der Waals surface area contributed by atoms with Crippen molar-refractivity contribution in [1.29, 1.82) is 0 Å². The maximum atomic E-state index is 11.6. The predicted octanol–water partition coefficient (Wildman–Crippen LogP) is 2.82. The molecule has 1 saturated heterocycles. The monoisotopic (exact) mass is 209 g/mol. The highest BCUT2D eigenvalue weighted by Crippen LogP contribution is 2.33. The molecular weight excluding hydrogens is 186 g/mol. The third-order valence-electron chi connectivity index (χ3n) is 4.23. The smallest absolute Gasteiger partial charge is 0.222 e. The van der Waals surface area contributed by atoms with Gasteiger partial charge in [0, 0.05) is 19.0 Å². The minimum atomic E-state index is 0.406. The fourth-order valence-electron chi connectivity index (χ4n) is 3.14. The molecule has 0 aromatic carbocycles. The molecule has 2 aliphatic rings. The molecule has 15 heavy (non-hydrogen) atoms. The second-order valence-electron chi connectivity index (χ2n) is 5.50. The zero-order chi connectivity index (χ0) is 10.8. The van der Waals surface area contributed by atoms with Crippen molar-refractivity contribution in [1.82, 2.24) is 4.90 Å². The van der Waals surface area contributed by atoms with Gasteiger partial charge in [-0.05, 0) is 43.9 Å². The van der Waals surface area contributed by atoms with Gasteiger partial charge in [0.2, 0.25) is 5.91 Å². The largest absolute Gasteiger partial charge is 0.340 e. The van der Waals surface area contributed by atoms with E-state index in [1.165, 1.54) is 25.7 Å². The van der Waals surface area contributed by atoms with Crippen molar-refractivity contribution in [3.63, 3.8) is 0 Å². The summed E-state index contributed by atoms with van der Waals surface area (Å²) in [6.07, 6.45) is 7.02.